The number of nitrogen functional groups attached to an aromatic ring is 1. The molecule has 0 unspecified atom stereocenters. The summed E-state index contributed by atoms with van der Waals surface area (Å²) in [6.07, 6.45) is 0. The molecule has 2 aromatic carbocycles. The van der Waals surface area contributed by atoms with Crippen LogP contribution in [0, 0.1) is 13.8 Å². The van der Waals surface area contributed by atoms with Gasteiger partial charge < -0.3 is 15.5 Å². The molecule has 0 aliphatic carbocycles. The molecule has 0 bridgehead atoms. The number of hydrogen-bond donors (Lipinski definition) is 2. The van der Waals surface area contributed by atoms with Gasteiger partial charge in [0.1, 0.15) is 5.52 Å². The monoisotopic (exact) mass is 281 g/mol. The molecule has 1 aromatic heterocycles. The molecule has 3 aromatic rings. The van der Waals surface area contributed by atoms with Crippen molar-refractivity contribution in [2.24, 2.45) is 0 Å². The van der Waals surface area contributed by atoms with E-state index in [4.69, 9.17) is 10.2 Å². The van der Waals surface area contributed by atoms with E-state index in [-0.39, 0.29) is 5.91 Å². The number of nitrogens with two attached hydrogens (primary N) is 1. The van der Waals surface area contributed by atoms with Crippen LogP contribution in [0.2, 0.25) is 0 Å². The van der Waals surface area contributed by atoms with E-state index in [1.807, 2.05) is 13.0 Å². The maximum atomic E-state index is 12.3. The smallest absolute Gasteiger partial charge is 0.257 e. The van der Waals surface area contributed by atoms with Crippen LogP contribution in [0.1, 0.15) is 21.8 Å². The Kier molecular flexibility index (Phi) is 3.10. The first-order valence-corrected chi connectivity index (χ1v) is 6.57. The molecule has 0 fully saturated rings. The van der Waals surface area contributed by atoms with Crippen molar-refractivity contribution in [1.29, 1.82) is 0 Å². The van der Waals surface area contributed by atoms with E-state index in [0.29, 0.717) is 33.9 Å². The molecule has 0 saturated carbocycles. The summed E-state index contributed by atoms with van der Waals surface area (Å²) in [7, 11) is 0. The zero-order valence-corrected chi connectivity index (χ0v) is 11.8. The number of carbonyl (C=O) groups is 1. The summed E-state index contributed by atoms with van der Waals surface area (Å²) < 4.78 is 5.40. The van der Waals surface area contributed by atoms with Gasteiger partial charge in [-0.3, -0.25) is 4.79 Å². The van der Waals surface area contributed by atoms with Gasteiger partial charge in [-0.25, -0.2) is 4.98 Å². The van der Waals surface area contributed by atoms with Crippen LogP contribution in [-0.4, -0.2) is 10.9 Å². The van der Waals surface area contributed by atoms with Crippen molar-refractivity contribution in [2.75, 3.05) is 11.1 Å². The Hall–Kier alpha value is -2.82. The van der Waals surface area contributed by atoms with Crippen LogP contribution >= 0.6 is 0 Å². The standard InChI is InChI=1S/C16H15N3O2/c1-9-3-5-13(17)12(7-9)16(20)19-11-4-6-15-14(8-11)18-10(2)21-15/h3-8H,17H2,1-2H3,(H,19,20). The number of oxazole rings is 1. The Bertz CT molecular complexity index is 837. The van der Waals surface area contributed by atoms with Crippen LogP contribution in [0.5, 0.6) is 0 Å². The zero-order valence-electron chi connectivity index (χ0n) is 11.8. The number of carbonyl (C=O) groups excluding carboxylic acids is 1. The molecule has 0 spiro atoms. The van der Waals surface area contributed by atoms with Crippen molar-refractivity contribution in [2.45, 2.75) is 13.8 Å². The lowest BCUT2D eigenvalue weighted by Gasteiger charge is -2.08. The number of anilines is 2. The summed E-state index contributed by atoms with van der Waals surface area (Å²) in [5, 5.41) is 2.83. The van der Waals surface area contributed by atoms with Gasteiger partial charge in [-0.2, -0.15) is 0 Å². The third-order valence-corrected chi connectivity index (χ3v) is 3.21. The van der Waals surface area contributed by atoms with Gasteiger partial charge in [0.15, 0.2) is 11.5 Å². The summed E-state index contributed by atoms with van der Waals surface area (Å²) >= 11 is 0. The summed E-state index contributed by atoms with van der Waals surface area (Å²) in [4.78, 5) is 16.5. The maximum Gasteiger partial charge on any atom is 0.257 e. The van der Waals surface area contributed by atoms with Gasteiger partial charge in [0, 0.05) is 18.3 Å². The highest BCUT2D eigenvalue weighted by molar-refractivity contribution is 6.08. The molecule has 0 aliphatic rings. The lowest BCUT2D eigenvalue weighted by molar-refractivity contribution is 0.102. The minimum absolute atomic E-state index is 0.240. The van der Waals surface area contributed by atoms with Crippen molar-refractivity contribution < 1.29 is 9.21 Å². The number of aromatic nitrogens is 1. The zero-order chi connectivity index (χ0) is 15.0. The number of nitrogens with zero attached hydrogens (tertiary/aromatic N) is 1. The van der Waals surface area contributed by atoms with Crippen LogP contribution in [0.3, 0.4) is 0 Å². The lowest BCUT2D eigenvalue weighted by atomic mass is 10.1. The van der Waals surface area contributed by atoms with Gasteiger partial charge in [-0.1, -0.05) is 11.6 Å². The predicted molar refractivity (Wildman–Crippen MR) is 82.3 cm³/mol. The van der Waals surface area contributed by atoms with E-state index in [1.165, 1.54) is 0 Å². The SMILES string of the molecule is Cc1ccc(N)c(C(=O)Nc2ccc3oc(C)nc3c2)c1. The first-order valence-electron chi connectivity index (χ1n) is 6.57. The highest BCUT2D eigenvalue weighted by Gasteiger charge is 2.11. The van der Waals surface area contributed by atoms with Crippen molar-refractivity contribution in [3.8, 4) is 0 Å². The minimum atomic E-state index is -0.240. The fourth-order valence-electron chi connectivity index (χ4n) is 2.19. The Balaban J connectivity index is 1.90. The number of amides is 1. The van der Waals surface area contributed by atoms with Crippen LogP contribution in [0.4, 0.5) is 11.4 Å². The van der Waals surface area contributed by atoms with Crippen LogP contribution < -0.4 is 11.1 Å². The second-order valence-corrected chi connectivity index (χ2v) is 4.96. The first-order chi connectivity index (χ1) is 10.0. The second kappa shape index (κ2) is 4.94. The summed E-state index contributed by atoms with van der Waals surface area (Å²) in [5.74, 6) is 0.354. The third-order valence-electron chi connectivity index (χ3n) is 3.21. The van der Waals surface area contributed by atoms with Crippen LogP contribution in [0.25, 0.3) is 11.1 Å². The van der Waals surface area contributed by atoms with Gasteiger partial charge in [0.05, 0.1) is 5.56 Å². The second-order valence-electron chi connectivity index (χ2n) is 4.96. The van der Waals surface area contributed by atoms with Crippen molar-refractivity contribution in [3.63, 3.8) is 0 Å². The quantitative estimate of drug-likeness (QED) is 0.706. The molecule has 0 atom stereocenters. The van der Waals surface area contributed by atoms with Gasteiger partial charge in [0.2, 0.25) is 0 Å². The molecule has 1 heterocycles. The predicted octanol–water partition coefficient (Wildman–Crippen LogP) is 3.28. The number of aryl methyl sites for hydroxylation is 2. The topological polar surface area (TPSA) is 81.2 Å². The Morgan fingerprint density at radius 2 is 2.00 bits per heavy atom. The summed E-state index contributed by atoms with van der Waals surface area (Å²) in [6.45, 7) is 3.70. The van der Waals surface area contributed by atoms with Gasteiger partial charge in [-0.05, 0) is 37.3 Å². The van der Waals surface area contributed by atoms with Gasteiger partial charge in [0.25, 0.3) is 5.91 Å². The number of hydrogen-bond acceptors (Lipinski definition) is 4. The molecule has 1 amide bonds. The van der Waals surface area contributed by atoms with E-state index in [9.17, 15) is 4.79 Å². The average Bonchev–Trinajstić information content (AvgIpc) is 2.80. The molecule has 0 saturated heterocycles. The first kappa shape index (κ1) is 13.2. The molecule has 5 heteroatoms. The molecule has 106 valence electrons. The average molecular weight is 281 g/mol. The van der Waals surface area contributed by atoms with E-state index >= 15 is 0 Å². The number of benzene rings is 2. The Morgan fingerprint density at radius 3 is 2.81 bits per heavy atom. The van der Waals surface area contributed by atoms with Crippen molar-refractivity contribution in [3.05, 3.63) is 53.4 Å². The fourth-order valence-corrected chi connectivity index (χ4v) is 2.19. The molecule has 0 radical (unpaired) electrons. The highest BCUT2D eigenvalue weighted by atomic mass is 16.3. The largest absolute Gasteiger partial charge is 0.441 e. The normalized spacial score (nSPS) is 10.8. The molecule has 21 heavy (non-hydrogen) atoms. The number of nitrogens with one attached hydrogen (secondary N) is 1. The highest BCUT2D eigenvalue weighted by Crippen LogP contribution is 2.21. The molecular weight excluding hydrogens is 266 g/mol. The maximum absolute atomic E-state index is 12.3. The Morgan fingerprint density at radius 1 is 1.19 bits per heavy atom. The number of rotatable bonds is 2. The molecule has 0 aliphatic heterocycles. The summed E-state index contributed by atoms with van der Waals surface area (Å²) in [5.41, 5.74) is 9.81. The third kappa shape index (κ3) is 2.58. The van der Waals surface area contributed by atoms with Crippen molar-refractivity contribution >= 4 is 28.4 Å². The molecule has 3 N–H and O–H groups in total. The van der Waals surface area contributed by atoms with E-state index in [1.54, 1.807) is 37.3 Å². The summed E-state index contributed by atoms with van der Waals surface area (Å²) in [6, 6.07) is 10.7. The minimum Gasteiger partial charge on any atom is -0.441 e. The van der Waals surface area contributed by atoms with E-state index in [0.717, 1.165) is 5.56 Å². The molecule has 5 nitrogen and oxygen atoms in total. The van der Waals surface area contributed by atoms with Gasteiger partial charge >= 0.3 is 0 Å². The number of fused-ring (bicyclic) bond motifs is 1. The van der Waals surface area contributed by atoms with E-state index in [2.05, 4.69) is 10.3 Å². The van der Waals surface area contributed by atoms with Crippen molar-refractivity contribution in [1.82, 2.24) is 4.98 Å². The molecular formula is C16H15N3O2. The van der Waals surface area contributed by atoms with Crippen LogP contribution in [0.15, 0.2) is 40.8 Å². The Labute approximate surface area is 121 Å². The lowest BCUT2D eigenvalue weighted by Crippen LogP contribution is -2.14. The van der Waals surface area contributed by atoms with E-state index < -0.39 is 0 Å². The van der Waals surface area contributed by atoms with Gasteiger partial charge in [-0.15, -0.1) is 0 Å². The van der Waals surface area contributed by atoms with Crippen LogP contribution in [-0.2, 0) is 0 Å². The fraction of sp³-hybridized carbons (Fsp3) is 0.125. The molecule has 3 rings (SSSR count).